The van der Waals surface area contributed by atoms with Crippen molar-refractivity contribution in [3.8, 4) is 11.5 Å². The number of halogens is 3. The van der Waals surface area contributed by atoms with E-state index in [-0.39, 0.29) is 29.4 Å². The van der Waals surface area contributed by atoms with Crippen LogP contribution in [-0.4, -0.2) is 76.7 Å². The number of methoxy groups -OCH3 is 1. The Morgan fingerprint density at radius 1 is 1.03 bits per heavy atom. The molecule has 1 aromatic heterocycles. The van der Waals surface area contributed by atoms with Crippen molar-refractivity contribution in [2.75, 3.05) is 33.3 Å². The predicted octanol–water partition coefficient (Wildman–Crippen LogP) is 3.11. The van der Waals surface area contributed by atoms with Crippen molar-refractivity contribution < 1.29 is 32.2 Å². The van der Waals surface area contributed by atoms with Gasteiger partial charge in [0.05, 0.1) is 12.6 Å². The number of carbonyl (C=O) groups is 2. The zero-order valence-corrected chi connectivity index (χ0v) is 19.2. The Morgan fingerprint density at radius 2 is 1.72 bits per heavy atom. The SMILES string of the molecule is COc1cc(/C=C/C(=O)N2CC3CN(C(=O)c4ccc5[nH]nnc5c4)CC3C2)cc(OC(F)(F)F)c1. The summed E-state index contributed by atoms with van der Waals surface area (Å²) in [5.41, 5.74) is 2.25. The quantitative estimate of drug-likeness (QED) is 0.540. The highest BCUT2D eigenvalue weighted by molar-refractivity contribution is 5.97. The van der Waals surface area contributed by atoms with Crippen molar-refractivity contribution in [2.45, 2.75) is 6.36 Å². The summed E-state index contributed by atoms with van der Waals surface area (Å²) in [4.78, 5) is 29.2. The fraction of sp³-hybridized carbons (Fsp3) is 0.333. The topological polar surface area (TPSA) is 101 Å². The number of aromatic amines is 1. The van der Waals surface area contributed by atoms with Crippen molar-refractivity contribution in [3.63, 3.8) is 0 Å². The predicted molar refractivity (Wildman–Crippen MR) is 122 cm³/mol. The maximum atomic E-state index is 13.0. The van der Waals surface area contributed by atoms with Crippen LogP contribution in [0.2, 0.25) is 0 Å². The summed E-state index contributed by atoms with van der Waals surface area (Å²) in [6.07, 6.45) is -2.09. The standard InChI is InChI=1S/C24H22F3N5O4/c1-35-18-6-14(7-19(9-18)36-24(25,26)27)2-5-22(33)31-10-16-12-32(13-17(16)11-31)23(34)15-3-4-20-21(8-15)29-30-28-20/h2-9,16-17H,10-13H2,1H3,(H,28,29,30)/b5-2+. The first-order valence-electron chi connectivity index (χ1n) is 11.2. The number of nitrogens with zero attached hydrogens (tertiary/aromatic N) is 4. The summed E-state index contributed by atoms with van der Waals surface area (Å²) >= 11 is 0. The van der Waals surface area contributed by atoms with E-state index < -0.39 is 12.1 Å². The van der Waals surface area contributed by atoms with Crippen LogP contribution in [0.5, 0.6) is 11.5 Å². The second-order valence-electron chi connectivity index (χ2n) is 8.84. The third-order valence-electron chi connectivity index (χ3n) is 6.45. The van der Waals surface area contributed by atoms with Gasteiger partial charge in [-0.3, -0.25) is 14.7 Å². The lowest BCUT2D eigenvalue weighted by atomic mass is 10.0. The molecule has 188 valence electrons. The Labute approximate surface area is 203 Å². The molecular formula is C24H22F3N5O4. The third kappa shape index (κ3) is 4.97. The van der Waals surface area contributed by atoms with Crippen LogP contribution in [0.3, 0.4) is 0 Å². The minimum Gasteiger partial charge on any atom is -0.497 e. The van der Waals surface area contributed by atoms with Gasteiger partial charge in [-0.05, 0) is 42.0 Å². The number of hydrogen-bond acceptors (Lipinski definition) is 6. The molecule has 0 bridgehead atoms. The van der Waals surface area contributed by atoms with Crippen molar-refractivity contribution in [3.05, 3.63) is 53.6 Å². The first kappa shape index (κ1) is 23.6. The van der Waals surface area contributed by atoms with Gasteiger partial charge in [0.15, 0.2) is 0 Å². The Bertz CT molecular complexity index is 1320. The van der Waals surface area contributed by atoms with Gasteiger partial charge in [0.1, 0.15) is 17.0 Å². The third-order valence-corrected chi connectivity index (χ3v) is 6.45. The number of hydrogen-bond donors (Lipinski definition) is 1. The van der Waals surface area contributed by atoms with Gasteiger partial charge in [-0.15, -0.1) is 18.3 Å². The number of fused-ring (bicyclic) bond motifs is 2. The number of benzene rings is 2. The van der Waals surface area contributed by atoms with E-state index in [1.165, 1.54) is 31.4 Å². The molecule has 2 unspecified atom stereocenters. The van der Waals surface area contributed by atoms with E-state index in [1.54, 1.807) is 28.0 Å². The molecule has 1 N–H and O–H groups in total. The zero-order chi connectivity index (χ0) is 25.4. The number of ether oxygens (including phenoxy) is 2. The molecule has 3 aromatic rings. The van der Waals surface area contributed by atoms with Crippen LogP contribution in [0.15, 0.2) is 42.5 Å². The monoisotopic (exact) mass is 501 g/mol. The number of alkyl halides is 3. The van der Waals surface area contributed by atoms with Crippen LogP contribution in [0, 0.1) is 11.8 Å². The summed E-state index contributed by atoms with van der Waals surface area (Å²) in [7, 11) is 1.33. The highest BCUT2D eigenvalue weighted by Crippen LogP contribution is 2.33. The van der Waals surface area contributed by atoms with E-state index in [9.17, 15) is 22.8 Å². The molecule has 2 aliphatic heterocycles. The fourth-order valence-corrected chi connectivity index (χ4v) is 4.77. The van der Waals surface area contributed by atoms with Gasteiger partial charge in [0.2, 0.25) is 5.91 Å². The summed E-state index contributed by atoms with van der Waals surface area (Å²) in [5.74, 6) is -0.276. The summed E-state index contributed by atoms with van der Waals surface area (Å²) < 4.78 is 46.8. The smallest absolute Gasteiger partial charge is 0.497 e. The molecule has 2 saturated heterocycles. The van der Waals surface area contributed by atoms with Crippen molar-refractivity contribution in [1.29, 1.82) is 0 Å². The number of amides is 2. The Balaban J connectivity index is 1.20. The largest absolute Gasteiger partial charge is 0.573 e. The molecule has 2 atom stereocenters. The van der Waals surface area contributed by atoms with Crippen molar-refractivity contribution in [1.82, 2.24) is 25.2 Å². The van der Waals surface area contributed by atoms with Crippen LogP contribution in [0.1, 0.15) is 15.9 Å². The van der Waals surface area contributed by atoms with Crippen molar-refractivity contribution >= 4 is 28.9 Å². The zero-order valence-electron chi connectivity index (χ0n) is 19.2. The highest BCUT2D eigenvalue weighted by Gasteiger charge is 2.42. The van der Waals surface area contributed by atoms with Gasteiger partial charge in [-0.1, -0.05) is 5.21 Å². The molecule has 5 rings (SSSR count). The fourth-order valence-electron chi connectivity index (χ4n) is 4.77. The number of carbonyl (C=O) groups excluding carboxylic acids is 2. The summed E-state index contributed by atoms with van der Waals surface area (Å²) in [6, 6.07) is 9.02. The Hall–Kier alpha value is -4.09. The van der Waals surface area contributed by atoms with E-state index in [0.29, 0.717) is 42.8 Å². The van der Waals surface area contributed by atoms with Gasteiger partial charge in [0.25, 0.3) is 5.91 Å². The molecule has 0 aliphatic carbocycles. The van der Waals surface area contributed by atoms with Crippen LogP contribution in [0.25, 0.3) is 17.1 Å². The first-order chi connectivity index (χ1) is 17.2. The molecule has 0 radical (unpaired) electrons. The van der Waals surface area contributed by atoms with E-state index in [1.807, 2.05) is 0 Å². The number of nitrogens with one attached hydrogen (secondary N) is 1. The highest BCUT2D eigenvalue weighted by atomic mass is 19.4. The van der Waals surface area contributed by atoms with Crippen LogP contribution in [-0.2, 0) is 4.79 Å². The average Bonchev–Trinajstić information content (AvgIpc) is 3.55. The molecule has 9 nitrogen and oxygen atoms in total. The lowest BCUT2D eigenvalue weighted by molar-refractivity contribution is -0.274. The summed E-state index contributed by atoms with van der Waals surface area (Å²) in [6.45, 7) is 2.09. The molecule has 0 saturated carbocycles. The van der Waals surface area contributed by atoms with Gasteiger partial charge in [0, 0.05) is 55.7 Å². The lowest BCUT2D eigenvalue weighted by Crippen LogP contribution is -2.35. The molecule has 0 spiro atoms. The van der Waals surface area contributed by atoms with Gasteiger partial charge in [-0.2, -0.15) is 0 Å². The second kappa shape index (κ2) is 9.17. The van der Waals surface area contributed by atoms with E-state index in [0.717, 1.165) is 11.6 Å². The Morgan fingerprint density at radius 3 is 2.42 bits per heavy atom. The van der Waals surface area contributed by atoms with E-state index >= 15 is 0 Å². The average molecular weight is 501 g/mol. The number of rotatable bonds is 5. The number of likely N-dealkylation sites (tertiary alicyclic amines) is 2. The Kier molecular flexibility index (Phi) is 6.02. The molecule has 36 heavy (non-hydrogen) atoms. The van der Waals surface area contributed by atoms with Crippen LogP contribution in [0.4, 0.5) is 13.2 Å². The number of aromatic nitrogens is 3. The molecule has 2 fully saturated rings. The van der Waals surface area contributed by atoms with Gasteiger partial charge < -0.3 is 19.3 Å². The van der Waals surface area contributed by atoms with E-state index in [4.69, 9.17) is 4.74 Å². The van der Waals surface area contributed by atoms with Crippen LogP contribution < -0.4 is 9.47 Å². The number of H-pyrrole nitrogens is 1. The first-order valence-corrected chi connectivity index (χ1v) is 11.2. The molecule has 2 aromatic carbocycles. The molecular weight excluding hydrogens is 479 g/mol. The molecule has 3 heterocycles. The molecule has 2 aliphatic rings. The summed E-state index contributed by atoms with van der Waals surface area (Å²) in [5, 5.41) is 10.4. The van der Waals surface area contributed by atoms with Gasteiger partial charge >= 0.3 is 6.36 Å². The second-order valence-corrected chi connectivity index (χ2v) is 8.84. The van der Waals surface area contributed by atoms with Crippen molar-refractivity contribution in [2.24, 2.45) is 11.8 Å². The minimum absolute atomic E-state index is 0.0815. The maximum Gasteiger partial charge on any atom is 0.573 e. The van der Waals surface area contributed by atoms with Gasteiger partial charge in [-0.25, -0.2) is 0 Å². The normalized spacial score (nSPS) is 19.8. The minimum atomic E-state index is -4.84. The maximum absolute atomic E-state index is 13.0. The molecule has 12 heteroatoms. The lowest BCUT2D eigenvalue weighted by Gasteiger charge is -2.21. The van der Waals surface area contributed by atoms with E-state index in [2.05, 4.69) is 20.1 Å². The molecule has 2 amide bonds. The van der Waals surface area contributed by atoms with Crippen LogP contribution >= 0.6 is 0 Å².